The number of allylic oxidation sites excluding steroid dienone is 8. The van der Waals surface area contributed by atoms with Crippen LogP contribution in [0.2, 0.25) is 0 Å². The third kappa shape index (κ3) is 40.6. The molecule has 296 valence electrons. The van der Waals surface area contributed by atoms with Crippen molar-refractivity contribution in [3.8, 4) is 0 Å². The first-order valence-electron chi connectivity index (χ1n) is 20.4. The molecule has 1 atom stereocenters. The lowest BCUT2D eigenvalue weighted by Crippen LogP contribution is -2.29. The number of hydrogen-bond acceptors (Lipinski definition) is 6. The van der Waals surface area contributed by atoms with Gasteiger partial charge in [-0.15, -0.1) is 0 Å². The molecular formula is C42H75O8P. The van der Waals surface area contributed by atoms with Crippen LogP contribution >= 0.6 is 7.82 Å². The van der Waals surface area contributed by atoms with E-state index in [4.69, 9.17) is 19.3 Å². The first-order valence-corrected chi connectivity index (χ1v) is 22.0. The predicted molar refractivity (Wildman–Crippen MR) is 211 cm³/mol. The van der Waals surface area contributed by atoms with Crippen molar-refractivity contribution >= 4 is 19.8 Å². The van der Waals surface area contributed by atoms with Crippen LogP contribution in [0.3, 0.4) is 0 Å². The average Bonchev–Trinajstić information content (AvgIpc) is 3.10. The van der Waals surface area contributed by atoms with Crippen LogP contribution in [0.1, 0.15) is 187 Å². The lowest BCUT2D eigenvalue weighted by molar-refractivity contribution is -0.161. The Kier molecular flexibility index (Phi) is 36.3. The minimum Gasteiger partial charge on any atom is -0.462 e. The maximum Gasteiger partial charge on any atom is 0.469 e. The van der Waals surface area contributed by atoms with E-state index in [2.05, 4.69) is 67.0 Å². The van der Waals surface area contributed by atoms with Crippen LogP contribution in [0.5, 0.6) is 0 Å². The number of carbonyl (C=O) groups is 2. The van der Waals surface area contributed by atoms with Gasteiger partial charge in [-0.2, -0.15) is 0 Å². The Morgan fingerprint density at radius 1 is 0.510 bits per heavy atom. The highest BCUT2D eigenvalue weighted by molar-refractivity contribution is 7.46. The molecule has 0 aromatic rings. The number of hydrogen-bond donors (Lipinski definition) is 2. The van der Waals surface area contributed by atoms with Gasteiger partial charge in [0.05, 0.1) is 6.61 Å². The van der Waals surface area contributed by atoms with Gasteiger partial charge >= 0.3 is 19.8 Å². The van der Waals surface area contributed by atoms with E-state index >= 15 is 0 Å². The fourth-order valence-electron chi connectivity index (χ4n) is 5.48. The topological polar surface area (TPSA) is 119 Å². The molecule has 0 amide bonds. The van der Waals surface area contributed by atoms with Crippen molar-refractivity contribution in [2.75, 3.05) is 13.2 Å². The Morgan fingerprint density at radius 2 is 0.902 bits per heavy atom. The van der Waals surface area contributed by atoms with E-state index in [-0.39, 0.29) is 19.4 Å². The van der Waals surface area contributed by atoms with E-state index in [1.54, 1.807) is 0 Å². The molecule has 0 radical (unpaired) electrons. The summed E-state index contributed by atoms with van der Waals surface area (Å²) in [7, 11) is -4.76. The standard InChI is InChI=1S/C42H75O8P/c1-3-5-7-9-11-13-15-17-19-20-21-22-23-25-27-29-31-33-35-37-42(44)50-40(39-49-51(45,46)47)38-48-41(43)36-34-32-30-28-26-24-18-16-14-12-10-8-6-4-2/h10-13,16-19,40H,3-9,14-15,20-39H2,1-2H3,(H2,45,46,47)/b12-10+,13-11+,18-16+,19-17+/t40-/m1/s1. The molecule has 0 bridgehead atoms. The summed E-state index contributed by atoms with van der Waals surface area (Å²) >= 11 is 0. The Bertz CT molecular complexity index is 968. The second-order valence-electron chi connectivity index (χ2n) is 13.6. The average molecular weight is 739 g/mol. The van der Waals surface area contributed by atoms with Crippen LogP contribution in [-0.2, 0) is 28.2 Å². The Labute approximate surface area is 312 Å². The largest absolute Gasteiger partial charge is 0.469 e. The van der Waals surface area contributed by atoms with Gasteiger partial charge in [-0.05, 0) is 70.6 Å². The van der Waals surface area contributed by atoms with E-state index in [9.17, 15) is 14.2 Å². The molecule has 9 heteroatoms. The first kappa shape index (κ1) is 49.0. The van der Waals surface area contributed by atoms with Gasteiger partial charge in [0.15, 0.2) is 6.10 Å². The van der Waals surface area contributed by atoms with Crippen LogP contribution in [0, 0.1) is 0 Å². The van der Waals surface area contributed by atoms with Gasteiger partial charge in [-0.1, -0.05) is 152 Å². The number of phosphoric ester groups is 1. The SMILES string of the molecule is CCCC/C=C/C/C=C/CCCCCCCC(=O)OC[C@H](COP(=O)(O)O)OC(=O)CCCCCCCCCCC/C=C/C/C=C/CCCCC. The number of unbranched alkanes of at least 4 members (excludes halogenated alkanes) is 19. The summed E-state index contributed by atoms with van der Waals surface area (Å²) in [6, 6.07) is 0. The van der Waals surface area contributed by atoms with Crippen molar-refractivity contribution in [1.29, 1.82) is 0 Å². The Balaban J connectivity index is 3.95. The van der Waals surface area contributed by atoms with Crippen LogP contribution < -0.4 is 0 Å². The van der Waals surface area contributed by atoms with Crippen molar-refractivity contribution in [2.45, 2.75) is 193 Å². The molecule has 0 aliphatic carbocycles. The molecular weight excluding hydrogens is 663 g/mol. The molecule has 0 fully saturated rings. The molecule has 0 aromatic carbocycles. The van der Waals surface area contributed by atoms with Crippen molar-refractivity contribution in [3.63, 3.8) is 0 Å². The molecule has 0 rings (SSSR count). The Morgan fingerprint density at radius 3 is 1.35 bits per heavy atom. The predicted octanol–water partition coefficient (Wildman–Crippen LogP) is 12.3. The quantitative estimate of drug-likeness (QED) is 0.0280. The molecule has 51 heavy (non-hydrogen) atoms. The van der Waals surface area contributed by atoms with E-state index in [1.807, 2.05) is 0 Å². The van der Waals surface area contributed by atoms with Crippen LogP contribution in [0.15, 0.2) is 48.6 Å². The van der Waals surface area contributed by atoms with E-state index in [0.717, 1.165) is 77.0 Å². The van der Waals surface area contributed by atoms with Crippen molar-refractivity contribution < 1.29 is 37.9 Å². The molecule has 0 aromatic heterocycles. The maximum absolute atomic E-state index is 12.4. The molecule has 0 saturated heterocycles. The summed E-state index contributed by atoms with van der Waals surface area (Å²) in [5.74, 6) is -0.906. The van der Waals surface area contributed by atoms with Gasteiger partial charge in [-0.3, -0.25) is 14.1 Å². The van der Waals surface area contributed by atoms with Crippen molar-refractivity contribution in [3.05, 3.63) is 48.6 Å². The zero-order valence-corrected chi connectivity index (χ0v) is 33.4. The van der Waals surface area contributed by atoms with Crippen LogP contribution in [0.4, 0.5) is 0 Å². The summed E-state index contributed by atoms with van der Waals surface area (Å²) in [5, 5.41) is 0. The normalized spacial score (nSPS) is 12.9. The molecule has 8 nitrogen and oxygen atoms in total. The summed E-state index contributed by atoms with van der Waals surface area (Å²) < 4.78 is 26.4. The number of carbonyl (C=O) groups excluding carboxylic acids is 2. The minimum atomic E-state index is -4.76. The second-order valence-corrected chi connectivity index (χ2v) is 14.8. The van der Waals surface area contributed by atoms with Crippen molar-refractivity contribution in [2.24, 2.45) is 0 Å². The molecule has 0 aliphatic heterocycles. The highest BCUT2D eigenvalue weighted by Crippen LogP contribution is 2.36. The van der Waals surface area contributed by atoms with E-state index in [1.165, 1.54) is 70.6 Å². The molecule has 0 unspecified atom stereocenters. The molecule has 0 saturated carbocycles. The molecule has 0 aliphatic rings. The molecule has 0 heterocycles. The number of rotatable bonds is 37. The van der Waals surface area contributed by atoms with Gasteiger partial charge in [0, 0.05) is 12.8 Å². The van der Waals surface area contributed by atoms with Gasteiger partial charge < -0.3 is 19.3 Å². The summed E-state index contributed by atoms with van der Waals surface area (Å²) in [6.45, 7) is 3.60. The summed E-state index contributed by atoms with van der Waals surface area (Å²) in [6.07, 6.45) is 45.4. The summed E-state index contributed by atoms with van der Waals surface area (Å²) in [5.41, 5.74) is 0. The van der Waals surface area contributed by atoms with Gasteiger partial charge in [-0.25, -0.2) is 4.57 Å². The van der Waals surface area contributed by atoms with Gasteiger partial charge in [0.1, 0.15) is 6.61 Å². The number of ether oxygens (including phenoxy) is 2. The monoisotopic (exact) mass is 739 g/mol. The van der Waals surface area contributed by atoms with E-state index < -0.39 is 32.5 Å². The number of esters is 2. The minimum absolute atomic E-state index is 0.203. The van der Waals surface area contributed by atoms with E-state index in [0.29, 0.717) is 12.8 Å². The number of phosphoric acid groups is 1. The van der Waals surface area contributed by atoms with Crippen LogP contribution in [-0.4, -0.2) is 41.0 Å². The zero-order valence-electron chi connectivity index (χ0n) is 32.5. The Hall–Kier alpha value is -1.99. The fraction of sp³-hybridized carbons (Fsp3) is 0.762. The molecule has 2 N–H and O–H groups in total. The maximum atomic E-state index is 12.4. The fourth-order valence-corrected chi connectivity index (χ4v) is 5.84. The third-order valence-corrected chi connectivity index (χ3v) is 9.06. The lowest BCUT2D eigenvalue weighted by Gasteiger charge is -2.18. The van der Waals surface area contributed by atoms with Crippen molar-refractivity contribution in [1.82, 2.24) is 0 Å². The lowest BCUT2D eigenvalue weighted by atomic mass is 10.1. The molecule has 0 spiro atoms. The smallest absolute Gasteiger partial charge is 0.462 e. The highest BCUT2D eigenvalue weighted by atomic mass is 31.2. The first-order chi connectivity index (χ1) is 24.8. The second kappa shape index (κ2) is 37.8. The van der Waals surface area contributed by atoms with Gasteiger partial charge in [0.25, 0.3) is 0 Å². The highest BCUT2D eigenvalue weighted by Gasteiger charge is 2.22. The third-order valence-electron chi connectivity index (χ3n) is 8.57. The van der Waals surface area contributed by atoms with Crippen LogP contribution in [0.25, 0.3) is 0 Å². The zero-order chi connectivity index (χ0) is 37.5. The van der Waals surface area contributed by atoms with Gasteiger partial charge in [0.2, 0.25) is 0 Å². The summed E-state index contributed by atoms with van der Waals surface area (Å²) in [4.78, 5) is 42.8.